The third-order valence-corrected chi connectivity index (χ3v) is 8.08. The zero-order valence-electron chi connectivity index (χ0n) is 20.3. The molecule has 0 spiro atoms. The molecule has 4 rings (SSSR count). The van der Waals surface area contributed by atoms with Crippen molar-refractivity contribution in [2.24, 2.45) is 17.8 Å². The van der Waals surface area contributed by atoms with Crippen molar-refractivity contribution in [1.29, 1.82) is 0 Å². The van der Waals surface area contributed by atoms with E-state index in [0.29, 0.717) is 17.0 Å². The van der Waals surface area contributed by atoms with Gasteiger partial charge in [0.2, 0.25) is 0 Å². The highest BCUT2D eigenvalue weighted by Crippen LogP contribution is 2.48. The molecule has 2 aliphatic rings. The van der Waals surface area contributed by atoms with E-state index >= 15 is 4.39 Å². The normalized spacial score (nSPS) is 24.9. The van der Waals surface area contributed by atoms with Gasteiger partial charge in [-0.3, -0.25) is 0 Å². The van der Waals surface area contributed by atoms with Crippen molar-refractivity contribution in [1.82, 2.24) is 0 Å². The second-order valence-corrected chi connectivity index (χ2v) is 10.4. The molecule has 0 aromatic heterocycles. The van der Waals surface area contributed by atoms with Crippen molar-refractivity contribution in [2.75, 3.05) is 0 Å². The predicted octanol–water partition coefficient (Wildman–Crippen LogP) is 9.61. The van der Waals surface area contributed by atoms with Gasteiger partial charge in [0.25, 0.3) is 0 Å². The fourth-order valence-electron chi connectivity index (χ4n) is 6.16. The molecule has 2 saturated carbocycles. The quantitative estimate of drug-likeness (QED) is 0.249. The van der Waals surface area contributed by atoms with Gasteiger partial charge in [0.05, 0.1) is 0 Å². The first-order valence-corrected chi connectivity index (χ1v) is 13.0. The third kappa shape index (κ3) is 6.37. The molecule has 6 heteroatoms. The lowest BCUT2D eigenvalue weighted by atomic mass is 9.63. The van der Waals surface area contributed by atoms with E-state index in [4.69, 9.17) is 0 Å². The zero-order valence-corrected chi connectivity index (χ0v) is 20.3. The Labute approximate surface area is 205 Å². The summed E-state index contributed by atoms with van der Waals surface area (Å²) in [5.41, 5.74) is 1.85. The zero-order chi connectivity index (χ0) is 25.0. The highest BCUT2D eigenvalue weighted by molar-refractivity contribution is 5.65. The van der Waals surface area contributed by atoms with Gasteiger partial charge in [-0.25, -0.2) is 4.39 Å². The largest absolute Gasteiger partial charge is 0.461 e. The maximum absolute atomic E-state index is 15.0. The summed E-state index contributed by atoms with van der Waals surface area (Å²) in [7, 11) is 0. The molecule has 0 heterocycles. The van der Waals surface area contributed by atoms with E-state index in [1.165, 1.54) is 63.5 Å². The molecule has 0 amide bonds. The smallest absolute Gasteiger partial charge is 0.428 e. The molecule has 2 aliphatic carbocycles. The second kappa shape index (κ2) is 11.3. The predicted molar refractivity (Wildman–Crippen MR) is 128 cm³/mol. The van der Waals surface area contributed by atoms with Crippen molar-refractivity contribution in [2.45, 2.75) is 89.6 Å². The lowest BCUT2D eigenvalue weighted by Gasteiger charge is -2.42. The van der Waals surface area contributed by atoms with Crippen LogP contribution in [0.15, 0.2) is 42.5 Å². The first kappa shape index (κ1) is 26.0. The van der Waals surface area contributed by atoms with Crippen LogP contribution in [0.4, 0.5) is 22.0 Å². The average molecular weight is 495 g/mol. The van der Waals surface area contributed by atoms with Crippen LogP contribution in [0, 0.1) is 23.6 Å². The number of hydrogen-bond donors (Lipinski definition) is 0. The Morgan fingerprint density at radius 1 is 0.914 bits per heavy atom. The van der Waals surface area contributed by atoms with Gasteiger partial charge in [0.15, 0.2) is 0 Å². The molecule has 1 nitrogen and oxygen atoms in total. The molecule has 2 aromatic rings. The summed E-state index contributed by atoms with van der Waals surface area (Å²) in [5, 5.41) is 0. The molecule has 35 heavy (non-hydrogen) atoms. The van der Waals surface area contributed by atoms with Gasteiger partial charge in [0.1, 0.15) is 11.6 Å². The molecule has 0 N–H and O–H groups in total. The Balaban J connectivity index is 1.37. The summed E-state index contributed by atoms with van der Waals surface area (Å²) in [4.78, 5) is 0. The van der Waals surface area contributed by atoms with Gasteiger partial charge in [0, 0.05) is 5.56 Å². The summed E-state index contributed by atoms with van der Waals surface area (Å²) in [5.74, 6) is 2.04. The number of halogens is 5. The standard InChI is InChI=1S/C29H35F5O/c1-2-3-4-5-19-6-7-22-17-23(9-8-21(22)16-19)24-12-15-26(27(30)18-24)20-10-13-25(14-11-20)35-29(33,34)28(31)32/h10-15,18-19,21-23,28H,2-9,16-17H2,1H3/t19?,21-,22-,23-/m1/s1. The summed E-state index contributed by atoms with van der Waals surface area (Å²) < 4.78 is 70.0. The lowest BCUT2D eigenvalue weighted by molar-refractivity contribution is -0.253. The molecule has 2 fully saturated rings. The maximum Gasteiger partial charge on any atom is 0.461 e. The molecule has 4 atom stereocenters. The van der Waals surface area contributed by atoms with Crippen LogP contribution in [0.25, 0.3) is 11.1 Å². The summed E-state index contributed by atoms with van der Waals surface area (Å²) in [6.45, 7) is 2.25. The van der Waals surface area contributed by atoms with Crippen LogP contribution in [0.3, 0.4) is 0 Å². The first-order valence-electron chi connectivity index (χ1n) is 13.0. The van der Waals surface area contributed by atoms with Gasteiger partial charge in [-0.2, -0.15) is 17.6 Å². The average Bonchev–Trinajstić information content (AvgIpc) is 2.84. The molecule has 2 aromatic carbocycles. The number of unbranched alkanes of at least 4 members (excludes halogenated alkanes) is 2. The van der Waals surface area contributed by atoms with E-state index in [-0.39, 0.29) is 5.82 Å². The van der Waals surface area contributed by atoms with Gasteiger partial charge >= 0.3 is 12.5 Å². The highest BCUT2D eigenvalue weighted by Gasteiger charge is 2.44. The molecule has 1 unspecified atom stereocenters. The SMILES string of the molecule is CCCCCC1CC[C@@H]2C[C@H](c3ccc(-c4ccc(OC(F)(F)C(F)F)cc4)c(F)c3)CC[C@@H]2C1. The van der Waals surface area contributed by atoms with E-state index in [1.807, 2.05) is 6.07 Å². The van der Waals surface area contributed by atoms with E-state index in [2.05, 4.69) is 11.7 Å². The van der Waals surface area contributed by atoms with Crippen LogP contribution in [-0.4, -0.2) is 12.5 Å². The molecule has 0 radical (unpaired) electrons. The van der Waals surface area contributed by atoms with E-state index in [9.17, 15) is 17.6 Å². The Morgan fingerprint density at radius 2 is 1.63 bits per heavy atom. The first-order chi connectivity index (χ1) is 16.8. The van der Waals surface area contributed by atoms with E-state index in [0.717, 1.165) is 48.3 Å². The van der Waals surface area contributed by atoms with Crippen molar-refractivity contribution in [3.8, 4) is 16.9 Å². The van der Waals surface area contributed by atoms with Crippen molar-refractivity contribution < 1.29 is 26.7 Å². The Morgan fingerprint density at radius 3 is 2.31 bits per heavy atom. The van der Waals surface area contributed by atoms with Crippen LogP contribution in [0.1, 0.15) is 82.6 Å². The fraction of sp³-hybridized carbons (Fsp3) is 0.586. The highest BCUT2D eigenvalue weighted by atomic mass is 19.3. The maximum atomic E-state index is 15.0. The monoisotopic (exact) mass is 494 g/mol. The Hall–Kier alpha value is -2.11. The summed E-state index contributed by atoms with van der Waals surface area (Å²) >= 11 is 0. The molecule has 0 bridgehead atoms. The van der Waals surface area contributed by atoms with Gasteiger partial charge in [-0.05, 0) is 85.1 Å². The minimum Gasteiger partial charge on any atom is -0.428 e. The molecule has 0 saturated heterocycles. The third-order valence-electron chi connectivity index (χ3n) is 8.08. The molecule has 0 aliphatic heterocycles. The van der Waals surface area contributed by atoms with E-state index in [1.54, 1.807) is 12.1 Å². The molecular weight excluding hydrogens is 459 g/mol. The fourth-order valence-corrected chi connectivity index (χ4v) is 6.16. The van der Waals surface area contributed by atoms with Gasteiger partial charge in [-0.1, -0.05) is 63.3 Å². The summed E-state index contributed by atoms with van der Waals surface area (Å²) in [6, 6.07) is 10.4. The Kier molecular flexibility index (Phi) is 8.38. The minimum atomic E-state index is -4.57. The van der Waals surface area contributed by atoms with Crippen LogP contribution in [0.2, 0.25) is 0 Å². The van der Waals surface area contributed by atoms with Crippen molar-refractivity contribution in [3.63, 3.8) is 0 Å². The molecule has 192 valence electrons. The lowest BCUT2D eigenvalue weighted by Crippen LogP contribution is -2.33. The number of fused-ring (bicyclic) bond motifs is 1. The van der Waals surface area contributed by atoms with Crippen molar-refractivity contribution >= 4 is 0 Å². The number of benzene rings is 2. The van der Waals surface area contributed by atoms with Crippen LogP contribution in [0.5, 0.6) is 5.75 Å². The van der Waals surface area contributed by atoms with Crippen LogP contribution < -0.4 is 4.74 Å². The number of ether oxygens (including phenoxy) is 1. The number of hydrogen-bond acceptors (Lipinski definition) is 1. The Bertz CT molecular complexity index is 958. The number of alkyl halides is 4. The van der Waals surface area contributed by atoms with Gasteiger partial charge in [-0.15, -0.1) is 0 Å². The molecular formula is C29H35F5O. The topological polar surface area (TPSA) is 9.23 Å². The van der Waals surface area contributed by atoms with E-state index < -0.39 is 18.3 Å². The number of rotatable bonds is 9. The second-order valence-electron chi connectivity index (χ2n) is 10.4. The van der Waals surface area contributed by atoms with Crippen LogP contribution in [-0.2, 0) is 0 Å². The van der Waals surface area contributed by atoms with Gasteiger partial charge < -0.3 is 4.74 Å². The summed E-state index contributed by atoms with van der Waals surface area (Å²) in [6.07, 6.45) is 4.23. The van der Waals surface area contributed by atoms with Crippen molar-refractivity contribution in [3.05, 3.63) is 53.8 Å². The minimum absolute atomic E-state index is 0.349. The van der Waals surface area contributed by atoms with Crippen LogP contribution >= 0.6 is 0 Å².